The van der Waals surface area contributed by atoms with Crippen LogP contribution in [-0.2, 0) is 6.42 Å². The molecule has 1 aliphatic rings. The average molecular weight is 235 g/mol. The fourth-order valence-corrected chi connectivity index (χ4v) is 2.90. The van der Waals surface area contributed by atoms with E-state index >= 15 is 0 Å². The normalized spacial score (nSPS) is 24.6. The lowest BCUT2D eigenvalue weighted by molar-refractivity contribution is 0.689. The van der Waals surface area contributed by atoms with Gasteiger partial charge in [-0.2, -0.15) is 9.61 Å². The Hall–Kier alpha value is -1.27. The Morgan fingerprint density at radius 2 is 2.38 bits per heavy atom. The monoisotopic (exact) mass is 235 g/mol. The van der Waals surface area contributed by atoms with Gasteiger partial charge in [-0.1, -0.05) is 30.4 Å². The van der Waals surface area contributed by atoms with Crippen molar-refractivity contribution in [2.75, 3.05) is 0 Å². The SMILES string of the molecule is CCc1nnc2sc(C3C=CC(N)C3)nn12. The molecule has 6 heteroatoms. The zero-order valence-electron chi connectivity index (χ0n) is 9.00. The van der Waals surface area contributed by atoms with E-state index < -0.39 is 0 Å². The first-order valence-corrected chi connectivity index (χ1v) is 6.24. The second-order valence-electron chi connectivity index (χ2n) is 4.00. The summed E-state index contributed by atoms with van der Waals surface area (Å²) in [6.45, 7) is 2.06. The largest absolute Gasteiger partial charge is 0.324 e. The summed E-state index contributed by atoms with van der Waals surface area (Å²) in [7, 11) is 0. The third kappa shape index (κ3) is 1.45. The number of fused-ring (bicyclic) bond motifs is 1. The first-order valence-electron chi connectivity index (χ1n) is 5.43. The van der Waals surface area contributed by atoms with E-state index in [0.29, 0.717) is 5.92 Å². The van der Waals surface area contributed by atoms with Crippen LogP contribution in [0.4, 0.5) is 0 Å². The molecule has 0 fully saturated rings. The van der Waals surface area contributed by atoms with Crippen LogP contribution in [0.2, 0.25) is 0 Å². The van der Waals surface area contributed by atoms with Gasteiger partial charge in [0.1, 0.15) is 5.01 Å². The number of aromatic nitrogens is 4. The van der Waals surface area contributed by atoms with Crippen LogP contribution in [0.3, 0.4) is 0 Å². The van der Waals surface area contributed by atoms with E-state index in [1.807, 2.05) is 10.6 Å². The molecule has 2 aromatic rings. The van der Waals surface area contributed by atoms with E-state index in [9.17, 15) is 0 Å². The quantitative estimate of drug-likeness (QED) is 0.792. The summed E-state index contributed by atoms with van der Waals surface area (Å²) in [5.41, 5.74) is 5.84. The maximum atomic E-state index is 5.84. The van der Waals surface area contributed by atoms with Crippen molar-refractivity contribution in [3.05, 3.63) is 23.0 Å². The van der Waals surface area contributed by atoms with E-state index in [1.165, 1.54) is 0 Å². The molecule has 1 aliphatic carbocycles. The van der Waals surface area contributed by atoms with Crippen LogP contribution in [0.25, 0.3) is 4.96 Å². The number of aryl methyl sites for hydroxylation is 1. The maximum absolute atomic E-state index is 5.84. The van der Waals surface area contributed by atoms with Gasteiger partial charge in [-0.15, -0.1) is 10.2 Å². The van der Waals surface area contributed by atoms with Gasteiger partial charge >= 0.3 is 0 Å². The molecular weight excluding hydrogens is 222 g/mol. The highest BCUT2D eigenvalue weighted by atomic mass is 32.1. The molecular formula is C10H13N5S. The molecule has 0 saturated heterocycles. The van der Waals surface area contributed by atoms with Crippen LogP contribution >= 0.6 is 11.3 Å². The molecule has 2 unspecified atom stereocenters. The molecule has 2 atom stereocenters. The third-order valence-corrected chi connectivity index (χ3v) is 3.85. The van der Waals surface area contributed by atoms with Crippen LogP contribution in [0.5, 0.6) is 0 Å². The summed E-state index contributed by atoms with van der Waals surface area (Å²) in [5, 5.41) is 13.8. The molecule has 0 radical (unpaired) electrons. The third-order valence-electron chi connectivity index (χ3n) is 2.82. The summed E-state index contributed by atoms with van der Waals surface area (Å²) in [4.78, 5) is 0.876. The smallest absolute Gasteiger partial charge is 0.234 e. The van der Waals surface area contributed by atoms with E-state index in [2.05, 4.69) is 28.3 Å². The van der Waals surface area contributed by atoms with Crippen molar-refractivity contribution >= 4 is 16.3 Å². The van der Waals surface area contributed by atoms with Gasteiger partial charge in [0.25, 0.3) is 0 Å². The van der Waals surface area contributed by atoms with Gasteiger partial charge in [0, 0.05) is 18.4 Å². The lowest BCUT2D eigenvalue weighted by Gasteiger charge is -2.03. The number of nitrogens with two attached hydrogens (primary N) is 1. The minimum Gasteiger partial charge on any atom is -0.324 e. The van der Waals surface area contributed by atoms with Crippen LogP contribution in [0, 0.1) is 0 Å². The summed E-state index contributed by atoms with van der Waals surface area (Å²) in [5.74, 6) is 1.27. The molecule has 2 N–H and O–H groups in total. The standard InChI is InChI=1S/C10H13N5S/c1-2-8-12-13-10-15(8)14-9(16-10)6-3-4-7(11)5-6/h3-4,6-7H,2,5,11H2,1H3. The van der Waals surface area contributed by atoms with E-state index in [1.54, 1.807) is 11.3 Å². The molecule has 3 rings (SSSR count). The van der Waals surface area contributed by atoms with Crippen LogP contribution in [0.1, 0.15) is 30.1 Å². The first-order chi connectivity index (χ1) is 7.78. The molecule has 2 aromatic heterocycles. The molecule has 0 spiro atoms. The van der Waals surface area contributed by atoms with Crippen molar-refractivity contribution in [3.8, 4) is 0 Å². The van der Waals surface area contributed by atoms with Crippen molar-refractivity contribution in [2.24, 2.45) is 5.73 Å². The van der Waals surface area contributed by atoms with Crippen molar-refractivity contribution < 1.29 is 0 Å². The summed E-state index contributed by atoms with van der Waals surface area (Å²) in [6, 6.07) is 0.171. The Bertz CT molecular complexity index is 540. The Morgan fingerprint density at radius 3 is 3.06 bits per heavy atom. The highest BCUT2D eigenvalue weighted by Gasteiger charge is 2.22. The minimum absolute atomic E-state index is 0.171. The zero-order chi connectivity index (χ0) is 11.1. The molecule has 0 aliphatic heterocycles. The zero-order valence-corrected chi connectivity index (χ0v) is 9.81. The number of hydrogen-bond acceptors (Lipinski definition) is 5. The van der Waals surface area contributed by atoms with Crippen LogP contribution < -0.4 is 5.73 Å². The van der Waals surface area contributed by atoms with E-state index in [0.717, 1.165) is 28.6 Å². The molecule has 0 saturated carbocycles. The second kappa shape index (κ2) is 3.64. The van der Waals surface area contributed by atoms with Gasteiger partial charge in [0.15, 0.2) is 5.82 Å². The fraction of sp³-hybridized carbons (Fsp3) is 0.500. The fourth-order valence-electron chi connectivity index (χ4n) is 1.95. The highest BCUT2D eigenvalue weighted by Crippen LogP contribution is 2.30. The van der Waals surface area contributed by atoms with E-state index in [-0.39, 0.29) is 6.04 Å². The number of nitrogens with zero attached hydrogens (tertiary/aromatic N) is 4. The lowest BCUT2D eigenvalue weighted by Crippen LogP contribution is -2.14. The van der Waals surface area contributed by atoms with Crippen molar-refractivity contribution in [1.29, 1.82) is 0 Å². The Morgan fingerprint density at radius 1 is 1.50 bits per heavy atom. The molecule has 84 valence electrons. The molecule has 16 heavy (non-hydrogen) atoms. The first kappa shape index (κ1) is 9.92. The Balaban J connectivity index is 1.99. The predicted molar refractivity (Wildman–Crippen MR) is 62.5 cm³/mol. The van der Waals surface area contributed by atoms with Gasteiger partial charge in [0.2, 0.25) is 4.96 Å². The highest BCUT2D eigenvalue weighted by molar-refractivity contribution is 7.16. The summed E-state index contributed by atoms with van der Waals surface area (Å²) in [6.07, 6.45) is 5.99. The van der Waals surface area contributed by atoms with Crippen LogP contribution in [-0.4, -0.2) is 25.9 Å². The summed E-state index contributed by atoms with van der Waals surface area (Å²) >= 11 is 1.60. The van der Waals surface area contributed by atoms with Gasteiger partial charge in [-0.25, -0.2) is 0 Å². The van der Waals surface area contributed by atoms with Gasteiger partial charge in [-0.3, -0.25) is 0 Å². The van der Waals surface area contributed by atoms with Gasteiger partial charge in [0.05, 0.1) is 0 Å². The van der Waals surface area contributed by atoms with Crippen LogP contribution in [0.15, 0.2) is 12.2 Å². The Labute approximate surface area is 97.0 Å². The molecule has 2 heterocycles. The second-order valence-corrected chi connectivity index (χ2v) is 4.98. The number of allylic oxidation sites excluding steroid dienone is 1. The van der Waals surface area contributed by atoms with Gasteiger partial charge in [-0.05, 0) is 6.42 Å². The molecule has 0 bridgehead atoms. The maximum Gasteiger partial charge on any atom is 0.234 e. The van der Waals surface area contributed by atoms with Crippen molar-refractivity contribution in [2.45, 2.75) is 31.7 Å². The Kier molecular flexibility index (Phi) is 2.26. The van der Waals surface area contributed by atoms with Gasteiger partial charge < -0.3 is 5.73 Å². The number of rotatable bonds is 2. The lowest BCUT2D eigenvalue weighted by atomic mass is 10.1. The molecule has 0 amide bonds. The molecule has 5 nitrogen and oxygen atoms in total. The average Bonchev–Trinajstić information content (AvgIpc) is 2.90. The topological polar surface area (TPSA) is 69.1 Å². The molecule has 0 aromatic carbocycles. The van der Waals surface area contributed by atoms with Crippen molar-refractivity contribution in [1.82, 2.24) is 19.8 Å². The van der Waals surface area contributed by atoms with Crippen molar-refractivity contribution in [3.63, 3.8) is 0 Å². The number of hydrogen-bond donors (Lipinski definition) is 1. The van der Waals surface area contributed by atoms with E-state index in [4.69, 9.17) is 5.73 Å². The minimum atomic E-state index is 0.171. The summed E-state index contributed by atoms with van der Waals surface area (Å²) < 4.78 is 1.84. The predicted octanol–water partition coefficient (Wildman–Crippen LogP) is 1.12.